The number of nitrogens with one attached hydrogen (secondary N) is 2. The van der Waals surface area contributed by atoms with Crippen molar-refractivity contribution in [3.8, 4) is 0 Å². The van der Waals surface area contributed by atoms with Crippen molar-refractivity contribution < 1.29 is 13.2 Å². The molecule has 5 nitrogen and oxygen atoms in total. The second-order valence-corrected chi connectivity index (χ2v) is 6.76. The van der Waals surface area contributed by atoms with Crippen LogP contribution < -0.4 is 10.0 Å². The van der Waals surface area contributed by atoms with Crippen LogP contribution in [-0.4, -0.2) is 27.1 Å². The van der Waals surface area contributed by atoms with Gasteiger partial charge in [-0.2, -0.15) is 0 Å². The highest BCUT2D eigenvalue weighted by Gasteiger charge is 2.19. The third kappa shape index (κ3) is 6.36. The number of hydrogen-bond donors (Lipinski definition) is 2. The van der Waals surface area contributed by atoms with Crippen molar-refractivity contribution in [1.29, 1.82) is 0 Å². The van der Waals surface area contributed by atoms with Crippen molar-refractivity contribution >= 4 is 27.5 Å². The van der Waals surface area contributed by atoms with E-state index in [0.717, 1.165) is 12.7 Å². The van der Waals surface area contributed by atoms with Crippen LogP contribution >= 0.6 is 11.6 Å². The van der Waals surface area contributed by atoms with Crippen LogP contribution in [0.15, 0.2) is 24.3 Å². The first kappa shape index (κ1) is 16.9. The first-order valence-electron chi connectivity index (χ1n) is 6.31. The van der Waals surface area contributed by atoms with Gasteiger partial charge in [-0.15, -0.1) is 0 Å². The number of rotatable bonds is 7. The van der Waals surface area contributed by atoms with Crippen molar-refractivity contribution in [3.05, 3.63) is 34.9 Å². The average Bonchev–Trinajstić information content (AvgIpc) is 2.35. The molecule has 1 atom stereocenters. The van der Waals surface area contributed by atoms with E-state index in [4.69, 9.17) is 11.6 Å². The van der Waals surface area contributed by atoms with Gasteiger partial charge in [0.05, 0.1) is 12.3 Å². The van der Waals surface area contributed by atoms with Crippen LogP contribution in [-0.2, 0) is 14.8 Å². The van der Waals surface area contributed by atoms with E-state index < -0.39 is 16.1 Å². The molecule has 1 unspecified atom stereocenters. The fourth-order valence-electron chi connectivity index (χ4n) is 1.70. The van der Waals surface area contributed by atoms with E-state index in [1.165, 1.54) is 0 Å². The Bertz CT molecular complexity index is 543. The van der Waals surface area contributed by atoms with Gasteiger partial charge >= 0.3 is 0 Å². The maximum Gasteiger partial charge on any atom is 0.221 e. The fraction of sp³-hybridized carbons (Fsp3) is 0.462. The van der Waals surface area contributed by atoms with E-state index in [1.807, 2.05) is 6.92 Å². The molecular formula is C13H19ClN2O3S. The summed E-state index contributed by atoms with van der Waals surface area (Å²) in [6.45, 7) is 2.52. The SMILES string of the molecule is CCCNC(=O)CC(NS(C)(=O)=O)c1ccc(Cl)cc1. The molecule has 1 aromatic rings. The first-order chi connectivity index (χ1) is 9.31. The molecule has 0 spiro atoms. The largest absolute Gasteiger partial charge is 0.356 e. The van der Waals surface area contributed by atoms with E-state index in [-0.39, 0.29) is 12.3 Å². The van der Waals surface area contributed by atoms with Crippen molar-refractivity contribution in [2.75, 3.05) is 12.8 Å². The molecular weight excluding hydrogens is 300 g/mol. The first-order valence-corrected chi connectivity index (χ1v) is 8.58. The van der Waals surface area contributed by atoms with Crippen LogP contribution in [0.3, 0.4) is 0 Å². The van der Waals surface area contributed by atoms with E-state index in [9.17, 15) is 13.2 Å². The summed E-state index contributed by atoms with van der Waals surface area (Å²) in [5.74, 6) is -0.192. The molecule has 0 fully saturated rings. The molecule has 1 rings (SSSR count). The highest BCUT2D eigenvalue weighted by molar-refractivity contribution is 7.88. The zero-order chi connectivity index (χ0) is 15.2. The van der Waals surface area contributed by atoms with Crippen molar-refractivity contribution in [3.63, 3.8) is 0 Å². The van der Waals surface area contributed by atoms with Crippen LogP contribution in [0.1, 0.15) is 31.4 Å². The van der Waals surface area contributed by atoms with Gasteiger partial charge in [-0.1, -0.05) is 30.7 Å². The van der Waals surface area contributed by atoms with Gasteiger partial charge in [0.1, 0.15) is 0 Å². The van der Waals surface area contributed by atoms with E-state index >= 15 is 0 Å². The molecule has 0 bridgehead atoms. The van der Waals surface area contributed by atoms with Gasteiger partial charge < -0.3 is 5.32 Å². The van der Waals surface area contributed by atoms with Gasteiger partial charge in [-0.3, -0.25) is 4.79 Å². The minimum Gasteiger partial charge on any atom is -0.356 e. The lowest BCUT2D eigenvalue weighted by Gasteiger charge is -2.17. The summed E-state index contributed by atoms with van der Waals surface area (Å²) in [7, 11) is -3.41. The molecule has 7 heteroatoms. The zero-order valence-corrected chi connectivity index (χ0v) is 13.1. The minimum absolute atomic E-state index is 0.0503. The number of hydrogen-bond acceptors (Lipinski definition) is 3. The molecule has 0 saturated carbocycles. The topological polar surface area (TPSA) is 75.3 Å². The highest BCUT2D eigenvalue weighted by Crippen LogP contribution is 2.20. The van der Waals surface area contributed by atoms with Crippen LogP contribution in [0, 0.1) is 0 Å². The van der Waals surface area contributed by atoms with E-state index in [1.54, 1.807) is 24.3 Å². The van der Waals surface area contributed by atoms with Gasteiger partial charge in [0.2, 0.25) is 15.9 Å². The molecule has 1 aromatic carbocycles. The number of sulfonamides is 1. The third-order valence-corrected chi connectivity index (χ3v) is 3.56. The Morgan fingerprint density at radius 2 is 1.90 bits per heavy atom. The Labute approximate surface area is 124 Å². The lowest BCUT2D eigenvalue weighted by atomic mass is 10.0. The monoisotopic (exact) mass is 318 g/mol. The Morgan fingerprint density at radius 3 is 2.40 bits per heavy atom. The van der Waals surface area contributed by atoms with Gasteiger partial charge in [-0.25, -0.2) is 13.1 Å². The van der Waals surface area contributed by atoms with Gasteiger partial charge in [-0.05, 0) is 24.1 Å². The maximum atomic E-state index is 11.8. The summed E-state index contributed by atoms with van der Waals surface area (Å²) in [5, 5.41) is 3.29. The summed E-state index contributed by atoms with van der Waals surface area (Å²) in [4.78, 5) is 11.8. The number of carbonyl (C=O) groups is 1. The molecule has 112 valence electrons. The molecule has 0 heterocycles. The Balaban J connectivity index is 2.85. The predicted molar refractivity (Wildman–Crippen MR) is 80.1 cm³/mol. The average molecular weight is 319 g/mol. The Kier molecular flexibility index (Phi) is 6.45. The Hall–Kier alpha value is -1.11. The van der Waals surface area contributed by atoms with E-state index in [0.29, 0.717) is 17.1 Å². The van der Waals surface area contributed by atoms with Gasteiger partial charge in [0.15, 0.2) is 0 Å². The lowest BCUT2D eigenvalue weighted by molar-refractivity contribution is -0.121. The summed E-state index contributed by atoms with van der Waals surface area (Å²) in [5.41, 5.74) is 0.700. The molecule has 20 heavy (non-hydrogen) atoms. The maximum absolute atomic E-state index is 11.8. The molecule has 0 aliphatic carbocycles. The van der Waals surface area contributed by atoms with Crippen LogP contribution in [0.25, 0.3) is 0 Å². The normalized spacial score (nSPS) is 12.9. The minimum atomic E-state index is -3.41. The van der Waals surface area contributed by atoms with Crippen LogP contribution in [0.2, 0.25) is 5.02 Å². The molecule has 0 radical (unpaired) electrons. The van der Waals surface area contributed by atoms with E-state index in [2.05, 4.69) is 10.0 Å². The van der Waals surface area contributed by atoms with Gasteiger partial charge in [0.25, 0.3) is 0 Å². The lowest BCUT2D eigenvalue weighted by Crippen LogP contribution is -2.33. The molecule has 1 amide bonds. The quantitative estimate of drug-likeness (QED) is 0.805. The van der Waals surface area contributed by atoms with Crippen molar-refractivity contribution in [2.45, 2.75) is 25.8 Å². The molecule has 0 saturated heterocycles. The predicted octanol–water partition coefficient (Wildman–Crippen LogP) is 1.85. The summed E-state index contributed by atoms with van der Waals surface area (Å²) in [6, 6.07) is 6.14. The number of amides is 1. The van der Waals surface area contributed by atoms with Gasteiger partial charge in [0, 0.05) is 18.0 Å². The fourth-order valence-corrected chi connectivity index (χ4v) is 2.57. The molecule has 2 N–H and O–H groups in total. The van der Waals surface area contributed by atoms with Crippen LogP contribution in [0.4, 0.5) is 0 Å². The number of halogens is 1. The summed E-state index contributed by atoms with van der Waals surface area (Å²) < 4.78 is 25.3. The molecule has 0 aliphatic rings. The summed E-state index contributed by atoms with van der Waals surface area (Å²) >= 11 is 5.81. The summed E-state index contributed by atoms with van der Waals surface area (Å²) in [6.07, 6.45) is 1.95. The molecule has 0 aliphatic heterocycles. The standard InChI is InChI=1S/C13H19ClN2O3S/c1-3-8-15-13(17)9-12(16-20(2,18)19)10-4-6-11(14)7-5-10/h4-7,12,16H,3,8-9H2,1-2H3,(H,15,17). The number of carbonyl (C=O) groups excluding carboxylic acids is 1. The Morgan fingerprint density at radius 1 is 1.30 bits per heavy atom. The smallest absolute Gasteiger partial charge is 0.221 e. The van der Waals surface area contributed by atoms with Crippen molar-refractivity contribution in [2.24, 2.45) is 0 Å². The second kappa shape index (κ2) is 7.61. The van der Waals surface area contributed by atoms with Crippen molar-refractivity contribution in [1.82, 2.24) is 10.0 Å². The third-order valence-electron chi connectivity index (χ3n) is 2.59. The highest BCUT2D eigenvalue weighted by atomic mass is 35.5. The zero-order valence-electron chi connectivity index (χ0n) is 11.5. The second-order valence-electron chi connectivity index (χ2n) is 4.55. The number of benzene rings is 1. The molecule has 0 aromatic heterocycles. The van der Waals surface area contributed by atoms with Crippen LogP contribution in [0.5, 0.6) is 0 Å².